The third kappa shape index (κ3) is 4.25. The largest absolute Gasteiger partial charge is 0.456 e. The van der Waals surface area contributed by atoms with E-state index in [9.17, 15) is 0 Å². The predicted octanol–water partition coefficient (Wildman–Crippen LogP) is 14.0. The van der Waals surface area contributed by atoms with Gasteiger partial charge in [0.1, 0.15) is 11.2 Å². The SMILES string of the molecule is c1ccc(-c2c3ccccc3c(-c3cc(-c4ccc5c6ccccc6n(-c6ccccc6)c5c4)cc4oc5ccccc5c34)c3ccccc23)cc1. The van der Waals surface area contributed by atoms with E-state index in [1.165, 1.54) is 65.6 Å². The van der Waals surface area contributed by atoms with Gasteiger partial charge in [-0.1, -0.05) is 146 Å². The van der Waals surface area contributed by atoms with Crippen LogP contribution in [-0.2, 0) is 0 Å². The lowest BCUT2D eigenvalue weighted by atomic mass is 9.84. The first-order valence-electron chi connectivity index (χ1n) is 17.9. The Labute approximate surface area is 300 Å². The summed E-state index contributed by atoms with van der Waals surface area (Å²) in [4.78, 5) is 0. The molecular formula is C50H31NO. The molecule has 2 aromatic heterocycles. The minimum atomic E-state index is 0.887. The summed E-state index contributed by atoms with van der Waals surface area (Å²) in [5.74, 6) is 0. The highest BCUT2D eigenvalue weighted by Crippen LogP contribution is 2.48. The van der Waals surface area contributed by atoms with E-state index in [2.05, 4.69) is 193 Å². The highest BCUT2D eigenvalue weighted by atomic mass is 16.3. The number of para-hydroxylation sites is 3. The second-order valence-electron chi connectivity index (χ2n) is 13.6. The van der Waals surface area contributed by atoms with Gasteiger partial charge in [-0.15, -0.1) is 0 Å². The van der Waals surface area contributed by atoms with Gasteiger partial charge in [0.05, 0.1) is 11.0 Å². The molecule has 0 saturated heterocycles. The van der Waals surface area contributed by atoms with E-state index in [-0.39, 0.29) is 0 Å². The molecule has 2 heterocycles. The third-order valence-electron chi connectivity index (χ3n) is 10.8. The van der Waals surface area contributed by atoms with Crippen LogP contribution in [-0.4, -0.2) is 4.57 Å². The van der Waals surface area contributed by atoms with Crippen molar-refractivity contribution in [3.05, 3.63) is 188 Å². The number of aromatic nitrogens is 1. The maximum atomic E-state index is 6.72. The summed E-state index contributed by atoms with van der Waals surface area (Å²) in [6.07, 6.45) is 0. The van der Waals surface area contributed by atoms with E-state index >= 15 is 0 Å². The van der Waals surface area contributed by atoms with Crippen LogP contribution in [0.3, 0.4) is 0 Å². The van der Waals surface area contributed by atoms with Crippen LogP contribution in [0.1, 0.15) is 0 Å². The molecule has 0 atom stereocenters. The van der Waals surface area contributed by atoms with Gasteiger partial charge in [0, 0.05) is 27.2 Å². The average molecular weight is 662 g/mol. The third-order valence-corrected chi connectivity index (χ3v) is 10.8. The topological polar surface area (TPSA) is 18.1 Å². The van der Waals surface area contributed by atoms with Crippen molar-refractivity contribution in [2.45, 2.75) is 0 Å². The van der Waals surface area contributed by atoms with Crippen molar-refractivity contribution in [2.75, 3.05) is 0 Å². The van der Waals surface area contributed by atoms with Crippen LogP contribution in [0.15, 0.2) is 192 Å². The molecule has 0 aliphatic carbocycles. The van der Waals surface area contributed by atoms with Crippen molar-refractivity contribution in [1.29, 1.82) is 0 Å². The predicted molar refractivity (Wildman–Crippen MR) is 219 cm³/mol. The summed E-state index contributed by atoms with van der Waals surface area (Å²) in [7, 11) is 0. The number of fused-ring (bicyclic) bond motifs is 8. The minimum absolute atomic E-state index is 0.887. The molecule has 0 aliphatic rings. The van der Waals surface area contributed by atoms with Crippen molar-refractivity contribution >= 4 is 65.3 Å². The van der Waals surface area contributed by atoms with Gasteiger partial charge in [-0.2, -0.15) is 0 Å². The zero-order valence-electron chi connectivity index (χ0n) is 28.3. The van der Waals surface area contributed by atoms with Crippen molar-refractivity contribution in [1.82, 2.24) is 4.57 Å². The van der Waals surface area contributed by atoms with E-state index in [0.29, 0.717) is 0 Å². The van der Waals surface area contributed by atoms with Crippen LogP contribution >= 0.6 is 0 Å². The molecule has 242 valence electrons. The summed E-state index contributed by atoms with van der Waals surface area (Å²) in [5, 5.41) is 9.68. The molecule has 0 spiro atoms. The van der Waals surface area contributed by atoms with Gasteiger partial charge in [-0.25, -0.2) is 0 Å². The van der Waals surface area contributed by atoms with Crippen LogP contribution < -0.4 is 0 Å². The number of furan rings is 1. The molecule has 0 amide bonds. The maximum absolute atomic E-state index is 6.72. The van der Waals surface area contributed by atoms with Crippen LogP contribution in [0.25, 0.3) is 104 Å². The monoisotopic (exact) mass is 661 g/mol. The van der Waals surface area contributed by atoms with E-state index in [0.717, 1.165) is 38.8 Å². The fourth-order valence-corrected chi connectivity index (χ4v) is 8.56. The zero-order chi connectivity index (χ0) is 34.2. The Morgan fingerprint density at radius 3 is 1.60 bits per heavy atom. The van der Waals surface area contributed by atoms with Gasteiger partial charge in [-0.05, 0) is 97.4 Å². The number of nitrogens with zero attached hydrogens (tertiary/aromatic N) is 1. The van der Waals surface area contributed by atoms with Crippen LogP contribution in [0, 0.1) is 0 Å². The van der Waals surface area contributed by atoms with Crippen LogP contribution in [0.2, 0.25) is 0 Å². The summed E-state index contributed by atoms with van der Waals surface area (Å²) in [6.45, 7) is 0. The first-order valence-corrected chi connectivity index (χ1v) is 17.9. The molecule has 0 aliphatic heterocycles. The van der Waals surface area contributed by atoms with E-state index < -0.39 is 0 Å². The Hall–Kier alpha value is -6.90. The zero-order valence-corrected chi connectivity index (χ0v) is 28.3. The van der Waals surface area contributed by atoms with Gasteiger partial charge >= 0.3 is 0 Å². The van der Waals surface area contributed by atoms with Gasteiger partial charge < -0.3 is 8.98 Å². The molecule has 0 unspecified atom stereocenters. The minimum Gasteiger partial charge on any atom is -0.456 e. The summed E-state index contributed by atoms with van der Waals surface area (Å²) < 4.78 is 9.10. The van der Waals surface area contributed by atoms with Crippen LogP contribution in [0.4, 0.5) is 0 Å². The standard InChI is InChI=1S/C50H31NO/c1-3-15-32(16-4-1)48-38-20-7-9-22-40(38)49(41-23-10-8-21-39(41)48)43-29-34(31-47-50(43)42-24-12-14-26-46(42)52-47)33-27-28-37-36-19-11-13-25-44(36)51(45(37)30-33)35-17-5-2-6-18-35/h1-31H. The van der Waals surface area contributed by atoms with Gasteiger partial charge in [0.15, 0.2) is 0 Å². The maximum Gasteiger partial charge on any atom is 0.136 e. The molecule has 9 aromatic carbocycles. The number of hydrogen-bond donors (Lipinski definition) is 0. The smallest absolute Gasteiger partial charge is 0.136 e. The van der Waals surface area contributed by atoms with Crippen molar-refractivity contribution in [3.63, 3.8) is 0 Å². The normalized spacial score (nSPS) is 11.8. The average Bonchev–Trinajstić information content (AvgIpc) is 3.76. The van der Waals surface area contributed by atoms with E-state index in [1.54, 1.807) is 0 Å². The van der Waals surface area contributed by atoms with E-state index in [4.69, 9.17) is 4.42 Å². The van der Waals surface area contributed by atoms with Crippen molar-refractivity contribution in [2.24, 2.45) is 0 Å². The summed E-state index contributed by atoms with van der Waals surface area (Å²) in [6, 6.07) is 67.9. The molecule has 0 radical (unpaired) electrons. The summed E-state index contributed by atoms with van der Waals surface area (Å²) >= 11 is 0. The highest BCUT2D eigenvalue weighted by Gasteiger charge is 2.22. The Morgan fingerprint density at radius 1 is 0.327 bits per heavy atom. The quantitative estimate of drug-likeness (QED) is 0.172. The first-order chi connectivity index (χ1) is 25.8. The lowest BCUT2D eigenvalue weighted by Crippen LogP contribution is -1.93. The number of rotatable bonds is 4. The molecule has 2 nitrogen and oxygen atoms in total. The van der Waals surface area contributed by atoms with Gasteiger partial charge in [0.2, 0.25) is 0 Å². The van der Waals surface area contributed by atoms with Crippen molar-refractivity contribution in [3.8, 4) is 39.1 Å². The number of benzene rings is 9. The fourth-order valence-electron chi connectivity index (χ4n) is 8.56. The molecule has 0 N–H and O–H groups in total. The van der Waals surface area contributed by atoms with Gasteiger partial charge in [-0.3, -0.25) is 0 Å². The molecule has 0 fully saturated rings. The summed E-state index contributed by atoms with van der Waals surface area (Å²) in [5.41, 5.74) is 12.5. The highest BCUT2D eigenvalue weighted by molar-refractivity contribution is 6.26. The molecule has 0 saturated carbocycles. The second kappa shape index (κ2) is 11.3. The number of hydrogen-bond acceptors (Lipinski definition) is 1. The molecule has 11 aromatic rings. The Morgan fingerprint density at radius 2 is 0.885 bits per heavy atom. The molecule has 11 rings (SSSR count). The first kappa shape index (κ1) is 28.9. The van der Waals surface area contributed by atoms with Crippen molar-refractivity contribution < 1.29 is 4.42 Å². The Balaban J connectivity index is 1.26. The lowest BCUT2D eigenvalue weighted by Gasteiger charge is -2.19. The molecule has 52 heavy (non-hydrogen) atoms. The molecule has 2 heteroatoms. The second-order valence-corrected chi connectivity index (χ2v) is 13.6. The molecular weight excluding hydrogens is 631 g/mol. The van der Waals surface area contributed by atoms with Crippen LogP contribution in [0.5, 0.6) is 0 Å². The lowest BCUT2D eigenvalue weighted by molar-refractivity contribution is 0.669. The molecule has 0 bridgehead atoms. The Bertz CT molecular complexity index is 3110. The van der Waals surface area contributed by atoms with E-state index in [1.807, 2.05) is 0 Å². The Kier molecular flexibility index (Phi) is 6.28. The van der Waals surface area contributed by atoms with Gasteiger partial charge in [0.25, 0.3) is 0 Å². The fraction of sp³-hybridized carbons (Fsp3) is 0.